The molecule has 1 aromatic carbocycles. The summed E-state index contributed by atoms with van der Waals surface area (Å²) in [7, 11) is 0. The molecule has 4 heteroatoms. The van der Waals surface area contributed by atoms with Gasteiger partial charge in [0.2, 0.25) is 0 Å². The van der Waals surface area contributed by atoms with E-state index in [2.05, 4.69) is 20.9 Å². The molecule has 0 fully saturated rings. The first kappa shape index (κ1) is 9.40. The zero-order chi connectivity index (χ0) is 10.3. The Morgan fingerprint density at radius 2 is 2.21 bits per heavy atom. The Kier molecular flexibility index (Phi) is 2.15. The fourth-order valence-corrected chi connectivity index (χ4v) is 2.11. The van der Waals surface area contributed by atoms with E-state index in [1.54, 1.807) is 6.20 Å². The lowest BCUT2D eigenvalue weighted by Crippen LogP contribution is -1.89. The molecule has 14 heavy (non-hydrogen) atoms. The van der Waals surface area contributed by atoms with E-state index in [1.807, 2.05) is 0 Å². The first-order valence-corrected chi connectivity index (χ1v) is 4.86. The lowest BCUT2D eigenvalue weighted by Gasteiger charge is -1.97. The van der Waals surface area contributed by atoms with Crippen LogP contribution in [0.2, 0.25) is 0 Å². The van der Waals surface area contributed by atoms with Gasteiger partial charge >= 0.3 is 0 Å². The second-order valence-corrected chi connectivity index (χ2v) is 3.92. The number of hydrogen-bond donors (Lipinski definition) is 1. The summed E-state index contributed by atoms with van der Waals surface area (Å²) in [5.74, 6) is -0.370. The van der Waals surface area contributed by atoms with Crippen molar-refractivity contribution < 1.29 is 9.18 Å². The van der Waals surface area contributed by atoms with Crippen molar-refractivity contribution in [1.29, 1.82) is 0 Å². The SMILES string of the molecule is CC(=O)c1c[nH]c2cc(F)cc(Br)c12. The van der Waals surface area contributed by atoms with Gasteiger partial charge in [0.15, 0.2) is 5.78 Å². The molecule has 2 rings (SSSR count). The number of hydrogen-bond acceptors (Lipinski definition) is 1. The smallest absolute Gasteiger partial charge is 0.161 e. The van der Waals surface area contributed by atoms with Crippen molar-refractivity contribution in [2.24, 2.45) is 0 Å². The number of nitrogens with one attached hydrogen (secondary N) is 1. The summed E-state index contributed by atoms with van der Waals surface area (Å²) < 4.78 is 13.6. The van der Waals surface area contributed by atoms with Gasteiger partial charge in [-0.25, -0.2) is 4.39 Å². The average Bonchev–Trinajstić information content (AvgIpc) is 2.47. The highest BCUT2D eigenvalue weighted by atomic mass is 79.9. The van der Waals surface area contributed by atoms with Crippen molar-refractivity contribution in [3.8, 4) is 0 Å². The van der Waals surface area contributed by atoms with E-state index in [1.165, 1.54) is 19.1 Å². The van der Waals surface area contributed by atoms with E-state index in [9.17, 15) is 9.18 Å². The molecule has 1 aromatic heterocycles. The largest absolute Gasteiger partial charge is 0.360 e. The number of H-pyrrole nitrogens is 1. The maximum Gasteiger partial charge on any atom is 0.161 e. The molecule has 1 heterocycles. The highest BCUT2D eigenvalue weighted by Crippen LogP contribution is 2.28. The molecule has 2 aromatic rings. The summed E-state index contributed by atoms with van der Waals surface area (Å²) in [6.45, 7) is 1.48. The van der Waals surface area contributed by atoms with Gasteiger partial charge in [0.25, 0.3) is 0 Å². The van der Waals surface area contributed by atoms with Gasteiger partial charge in [-0.1, -0.05) is 0 Å². The quantitative estimate of drug-likeness (QED) is 0.780. The molecule has 1 N–H and O–H groups in total. The molecule has 0 radical (unpaired) electrons. The molecule has 0 aliphatic carbocycles. The summed E-state index contributed by atoms with van der Waals surface area (Å²) in [6.07, 6.45) is 1.59. The van der Waals surface area contributed by atoms with Gasteiger partial charge in [-0.2, -0.15) is 0 Å². The second kappa shape index (κ2) is 3.20. The van der Waals surface area contributed by atoms with Crippen molar-refractivity contribution in [3.05, 3.63) is 34.2 Å². The van der Waals surface area contributed by atoms with Crippen LogP contribution in [0.15, 0.2) is 22.8 Å². The van der Waals surface area contributed by atoms with Gasteiger partial charge in [0, 0.05) is 21.6 Å². The van der Waals surface area contributed by atoms with E-state index < -0.39 is 0 Å². The highest BCUT2D eigenvalue weighted by molar-refractivity contribution is 9.10. The van der Waals surface area contributed by atoms with Gasteiger partial charge in [0.05, 0.1) is 5.52 Å². The van der Waals surface area contributed by atoms with Crippen LogP contribution in [0.25, 0.3) is 10.9 Å². The summed E-state index contributed by atoms with van der Waals surface area (Å²) in [4.78, 5) is 14.1. The van der Waals surface area contributed by atoms with Crippen LogP contribution in [0.5, 0.6) is 0 Å². The van der Waals surface area contributed by atoms with Gasteiger partial charge in [-0.05, 0) is 35.0 Å². The molecule has 0 unspecified atom stereocenters. The van der Waals surface area contributed by atoms with E-state index in [4.69, 9.17) is 0 Å². The summed E-state index contributed by atoms with van der Waals surface area (Å²) in [6, 6.07) is 2.72. The minimum absolute atomic E-state index is 0.0384. The molecule has 0 amide bonds. The number of fused-ring (bicyclic) bond motifs is 1. The maximum absolute atomic E-state index is 13.0. The minimum atomic E-state index is -0.332. The van der Waals surface area contributed by atoms with Crippen LogP contribution in [-0.2, 0) is 0 Å². The third-order valence-corrected chi connectivity index (χ3v) is 2.70. The number of benzene rings is 1. The Hall–Kier alpha value is -1.16. The van der Waals surface area contributed by atoms with Crippen LogP contribution in [0, 0.1) is 5.82 Å². The number of Topliss-reactive ketones (excluding diaryl/α,β-unsaturated/α-hetero) is 1. The normalized spacial score (nSPS) is 10.8. The fraction of sp³-hybridized carbons (Fsp3) is 0.100. The molecule has 72 valence electrons. The Morgan fingerprint density at radius 3 is 2.86 bits per heavy atom. The number of carbonyl (C=O) groups excluding carboxylic acids is 1. The molecule has 0 atom stereocenters. The Bertz CT molecular complexity index is 518. The van der Waals surface area contributed by atoms with Crippen molar-refractivity contribution in [1.82, 2.24) is 4.98 Å². The van der Waals surface area contributed by atoms with Crippen LogP contribution in [0.3, 0.4) is 0 Å². The maximum atomic E-state index is 13.0. The van der Waals surface area contributed by atoms with E-state index in [0.29, 0.717) is 15.6 Å². The summed E-state index contributed by atoms with van der Waals surface area (Å²) in [5, 5.41) is 0.735. The van der Waals surface area contributed by atoms with Crippen LogP contribution < -0.4 is 0 Å². The Morgan fingerprint density at radius 1 is 1.50 bits per heavy atom. The summed E-state index contributed by atoms with van der Waals surface area (Å²) >= 11 is 3.23. The van der Waals surface area contributed by atoms with Crippen molar-refractivity contribution >= 4 is 32.6 Å². The standard InChI is InChI=1S/C10H7BrFNO/c1-5(14)7-4-13-9-3-6(12)2-8(11)10(7)9/h2-4,13H,1H3. The van der Waals surface area contributed by atoms with Gasteiger partial charge < -0.3 is 4.98 Å². The number of rotatable bonds is 1. The zero-order valence-corrected chi connectivity index (χ0v) is 8.98. The first-order chi connectivity index (χ1) is 6.59. The molecule has 0 aliphatic heterocycles. The number of aromatic amines is 1. The zero-order valence-electron chi connectivity index (χ0n) is 7.40. The van der Waals surface area contributed by atoms with Crippen LogP contribution in [0.4, 0.5) is 4.39 Å². The summed E-state index contributed by atoms with van der Waals surface area (Å²) in [5.41, 5.74) is 1.20. The molecular formula is C10H7BrFNO. The molecule has 0 saturated heterocycles. The first-order valence-electron chi connectivity index (χ1n) is 4.06. The molecule has 0 saturated carbocycles. The fourth-order valence-electron chi connectivity index (χ4n) is 1.46. The molecule has 0 spiro atoms. The lowest BCUT2D eigenvalue weighted by molar-refractivity contribution is 0.101. The Balaban J connectivity index is 2.85. The van der Waals surface area contributed by atoms with Gasteiger partial charge in [-0.15, -0.1) is 0 Å². The van der Waals surface area contributed by atoms with E-state index in [0.717, 1.165) is 5.39 Å². The number of carbonyl (C=O) groups is 1. The van der Waals surface area contributed by atoms with Crippen LogP contribution in [0.1, 0.15) is 17.3 Å². The topological polar surface area (TPSA) is 32.9 Å². The predicted molar refractivity (Wildman–Crippen MR) is 56.0 cm³/mol. The van der Waals surface area contributed by atoms with E-state index >= 15 is 0 Å². The molecule has 0 aliphatic rings. The third kappa shape index (κ3) is 1.35. The van der Waals surface area contributed by atoms with Gasteiger partial charge in [-0.3, -0.25) is 4.79 Å². The van der Waals surface area contributed by atoms with Crippen LogP contribution in [-0.4, -0.2) is 10.8 Å². The van der Waals surface area contributed by atoms with Crippen molar-refractivity contribution in [2.75, 3.05) is 0 Å². The van der Waals surface area contributed by atoms with E-state index in [-0.39, 0.29) is 11.6 Å². The Labute approximate surface area is 88.2 Å². The predicted octanol–water partition coefficient (Wildman–Crippen LogP) is 3.27. The monoisotopic (exact) mass is 255 g/mol. The average molecular weight is 256 g/mol. The molecular weight excluding hydrogens is 249 g/mol. The minimum Gasteiger partial charge on any atom is -0.360 e. The third-order valence-electron chi connectivity index (χ3n) is 2.08. The highest BCUT2D eigenvalue weighted by Gasteiger charge is 2.11. The number of aromatic nitrogens is 1. The number of halogens is 2. The van der Waals surface area contributed by atoms with Gasteiger partial charge in [0.1, 0.15) is 5.82 Å². The van der Waals surface area contributed by atoms with Crippen molar-refractivity contribution in [2.45, 2.75) is 6.92 Å². The molecule has 0 bridgehead atoms. The molecule has 2 nitrogen and oxygen atoms in total. The number of ketones is 1. The van der Waals surface area contributed by atoms with Crippen molar-refractivity contribution in [3.63, 3.8) is 0 Å². The lowest BCUT2D eigenvalue weighted by atomic mass is 10.1. The second-order valence-electron chi connectivity index (χ2n) is 3.07. The van der Waals surface area contributed by atoms with Crippen LogP contribution >= 0.6 is 15.9 Å².